The fraction of sp³-hybridized carbons (Fsp3) is 0.133. The molecule has 0 amide bonds. The van der Waals surface area contributed by atoms with Crippen molar-refractivity contribution in [1.82, 2.24) is 0 Å². The minimum absolute atomic E-state index is 0.0192. The molecule has 0 bridgehead atoms. The van der Waals surface area contributed by atoms with Crippen LogP contribution in [0.25, 0.3) is 0 Å². The van der Waals surface area contributed by atoms with Gasteiger partial charge >= 0.3 is 0 Å². The summed E-state index contributed by atoms with van der Waals surface area (Å²) in [5, 5.41) is 0. The molecule has 0 aliphatic rings. The number of nitrogens with two attached hydrogens (primary N) is 1. The standard InChI is InChI=1S/C15H13F2NO2/c1-8-5-10(18)7-11(14(8)17)15(19)9-3-4-13(20-2)12(16)6-9/h3-7H,18H2,1-2H3. The number of ketones is 1. The highest BCUT2D eigenvalue weighted by molar-refractivity contribution is 6.09. The van der Waals surface area contributed by atoms with Gasteiger partial charge in [0.25, 0.3) is 0 Å². The van der Waals surface area contributed by atoms with Crippen LogP contribution >= 0.6 is 0 Å². The molecule has 0 aromatic heterocycles. The second-order valence-corrected chi connectivity index (χ2v) is 4.38. The van der Waals surface area contributed by atoms with Gasteiger partial charge in [0.15, 0.2) is 17.3 Å². The quantitative estimate of drug-likeness (QED) is 0.693. The van der Waals surface area contributed by atoms with Crippen LogP contribution in [0.3, 0.4) is 0 Å². The largest absolute Gasteiger partial charge is 0.494 e. The Hall–Kier alpha value is -2.43. The van der Waals surface area contributed by atoms with E-state index in [1.807, 2.05) is 0 Å². The van der Waals surface area contributed by atoms with Crippen LogP contribution in [0.1, 0.15) is 21.5 Å². The summed E-state index contributed by atoms with van der Waals surface area (Å²) in [4.78, 5) is 12.2. The summed E-state index contributed by atoms with van der Waals surface area (Å²) in [7, 11) is 1.32. The molecule has 0 unspecified atom stereocenters. The van der Waals surface area contributed by atoms with Crippen LogP contribution in [-0.2, 0) is 0 Å². The first kappa shape index (κ1) is 14.0. The predicted molar refractivity (Wildman–Crippen MR) is 71.9 cm³/mol. The van der Waals surface area contributed by atoms with E-state index in [1.54, 1.807) is 0 Å². The van der Waals surface area contributed by atoms with Crippen LogP contribution in [0.5, 0.6) is 5.75 Å². The van der Waals surface area contributed by atoms with Gasteiger partial charge in [0.1, 0.15) is 5.82 Å². The molecule has 0 atom stereocenters. The highest BCUT2D eigenvalue weighted by atomic mass is 19.1. The molecule has 2 rings (SSSR count). The van der Waals surface area contributed by atoms with Crippen molar-refractivity contribution in [3.05, 3.63) is 58.7 Å². The van der Waals surface area contributed by atoms with Crippen LogP contribution in [0.2, 0.25) is 0 Å². The van der Waals surface area contributed by atoms with Crippen molar-refractivity contribution in [1.29, 1.82) is 0 Å². The van der Waals surface area contributed by atoms with Gasteiger partial charge in [-0.25, -0.2) is 8.78 Å². The van der Waals surface area contributed by atoms with Crippen LogP contribution in [0.15, 0.2) is 30.3 Å². The highest BCUT2D eigenvalue weighted by Gasteiger charge is 2.18. The number of hydrogen-bond acceptors (Lipinski definition) is 3. The number of methoxy groups -OCH3 is 1. The van der Waals surface area contributed by atoms with E-state index in [1.165, 1.54) is 38.3 Å². The zero-order valence-electron chi connectivity index (χ0n) is 11.0. The van der Waals surface area contributed by atoms with E-state index in [9.17, 15) is 13.6 Å². The molecule has 0 aliphatic heterocycles. The molecular formula is C15H13F2NO2. The lowest BCUT2D eigenvalue weighted by Gasteiger charge is -2.08. The van der Waals surface area contributed by atoms with E-state index < -0.39 is 17.4 Å². The summed E-state index contributed by atoms with van der Waals surface area (Å²) in [6.07, 6.45) is 0. The maximum Gasteiger partial charge on any atom is 0.196 e. The van der Waals surface area contributed by atoms with Crippen molar-refractivity contribution >= 4 is 11.5 Å². The van der Waals surface area contributed by atoms with Crippen LogP contribution in [0, 0.1) is 18.6 Å². The number of hydrogen-bond donors (Lipinski definition) is 1. The minimum Gasteiger partial charge on any atom is -0.494 e. The summed E-state index contributed by atoms with van der Waals surface area (Å²) < 4.78 is 32.3. The number of carbonyl (C=O) groups excluding carboxylic acids is 1. The zero-order chi connectivity index (χ0) is 14.9. The molecule has 0 saturated carbocycles. The summed E-state index contributed by atoms with van der Waals surface area (Å²) in [6, 6.07) is 6.38. The lowest BCUT2D eigenvalue weighted by Crippen LogP contribution is -2.07. The van der Waals surface area contributed by atoms with Gasteiger partial charge in [-0.2, -0.15) is 0 Å². The Morgan fingerprint density at radius 3 is 2.50 bits per heavy atom. The van der Waals surface area contributed by atoms with E-state index >= 15 is 0 Å². The van der Waals surface area contributed by atoms with E-state index in [4.69, 9.17) is 10.5 Å². The zero-order valence-corrected chi connectivity index (χ0v) is 11.0. The van der Waals surface area contributed by atoms with Crippen molar-refractivity contribution in [2.45, 2.75) is 6.92 Å². The Balaban J connectivity index is 2.49. The number of ether oxygens (including phenoxy) is 1. The van der Waals surface area contributed by atoms with Crippen molar-refractivity contribution in [2.24, 2.45) is 0 Å². The lowest BCUT2D eigenvalue weighted by molar-refractivity contribution is 0.103. The molecule has 2 aromatic carbocycles. The van der Waals surface area contributed by atoms with Gasteiger partial charge in [0, 0.05) is 11.3 Å². The Labute approximate surface area is 115 Å². The molecule has 5 heteroatoms. The molecular weight excluding hydrogens is 264 g/mol. The molecule has 0 fully saturated rings. The van der Waals surface area contributed by atoms with Crippen molar-refractivity contribution < 1.29 is 18.3 Å². The Bertz CT molecular complexity index is 684. The fourth-order valence-corrected chi connectivity index (χ4v) is 1.93. The Kier molecular flexibility index (Phi) is 3.70. The number of aryl methyl sites for hydroxylation is 1. The predicted octanol–water partition coefficient (Wildman–Crippen LogP) is 3.10. The lowest BCUT2D eigenvalue weighted by atomic mass is 10.00. The molecule has 0 radical (unpaired) electrons. The average molecular weight is 277 g/mol. The van der Waals surface area contributed by atoms with Gasteiger partial charge in [-0.1, -0.05) is 0 Å². The van der Waals surface area contributed by atoms with E-state index in [-0.39, 0.29) is 28.1 Å². The van der Waals surface area contributed by atoms with E-state index in [0.29, 0.717) is 0 Å². The van der Waals surface area contributed by atoms with Gasteiger partial charge < -0.3 is 10.5 Å². The van der Waals surface area contributed by atoms with Crippen LogP contribution in [0.4, 0.5) is 14.5 Å². The maximum absolute atomic E-state index is 14.0. The average Bonchev–Trinajstić information content (AvgIpc) is 2.42. The number of rotatable bonds is 3. The molecule has 3 nitrogen and oxygen atoms in total. The molecule has 20 heavy (non-hydrogen) atoms. The van der Waals surface area contributed by atoms with Crippen LogP contribution in [-0.4, -0.2) is 12.9 Å². The molecule has 2 N–H and O–H groups in total. The highest BCUT2D eigenvalue weighted by Crippen LogP contribution is 2.23. The summed E-state index contributed by atoms with van der Waals surface area (Å²) in [5.41, 5.74) is 6.01. The topological polar surface area (TPSA) is 52.3 Å². The summed E-state index contributed by atoms with van der Waals surface area (Å²) in [6.45, 7) is 1.51. The van der Waals surface area contributed by atoms with Crippen molar-refractivity contribution in [3.63, 3.8) is 0 Å². The third kappa shape index (κ3) is 2.47. The van der Waals surface area contributed by atoms with E-state index in [2.05, 4.69) is 0 Å². The second-order valence-electron chi connectivity index (χ2n) is 4.38. The van der Waals surface area contributed by atoms with Gasteiger partial charge in [0.2, 0.25) is 0 Å². The van der Waals surface area contributed by atoms with Crippen molar-refractivity contribution in [2.75, 3.05) is 12.8 Å². The first-order valence-electron chi connectivity index (χ1n) is 5.88. The van der Waals surface area contributed by atoms with Gasteiger partial charge in [-0.15, -0.1) is 0 Å². The van der Waals surface area contributed by atoms with Crippen LogP contribution < -0.4 is 10.5 Å². The number of benzene rings is 2. The smallest absolute Gasteiger partial charge is 0.196 e. The number of nitrogen functional groups attached to an aromatic ring is 1. The molecule has 0 aliphatic carbocycles. The van der Waals surface area contributed by atoms with Crippen molar-refractivity contribution in [3.8, 4) is 5.75 Å². The number of halogens is 2. The third-order valence-electron chi connectivity index (χ3n) is 2.94. The number of carbonyl (C=O) groups is 1. The van der Waals surface area contributed by atoms with Gasteiger partial charge in [-0.3, -0.25) is 4.79 Å². The van der Waals surface area contributed by atoms with Gasteiger partial charge in [0.05, 0.1) is 12.7 Å². The molecule has 0 heterocycles. The van der Waals surface area contributed by atoms with E-state index in [0.717, 1.165) is 6.07 Å². The maximum atomic E-state index is 14.0. The first-order chi connectivity index (χ1) is 9.43. The Morgan fingerprint density at radius 1 is 1.20 bits per heavy atom. The third-order valence-corrected chi connectivity index (χ3v) is 2.94. The molecule has 104 valence electrons. The Morgan fingerprint density at radius 2 is 1.90 bits per heavy atom. The molecule has 0 spiro atoms. The SMILES string of the molecule is COc1ccc(C(=O)c2cc(N)cc(C)c2F)cc1F. The minimum atomic E-state index is -0.681. The second kappa shape index (κ2) is 5.28. The molecule has 0 saturated heterocycles. The number of anilines is 1. The fourth-order valence-electron chi connectivity index (χ4n) is 1.93. The summed E-state index contributed by atoms with van der Waals surface area (Å²) in [5.74, 6) is -1.94. The monoisotopic (exact) mass is 277 g/mol. The van der Waals surface area contributed by atoms with Gasteiger partial charge in [-0.05, 0) is 42.8 Å². The summed E-state index contributed by atoms with van der Waals surface area (Å²) >= 11 is 0. The molecule has 2 aromatic rings. The normalized spacial score (nSPS) is 10.4. The first-order valence-corrected chi connectivity index (χ1v) is 5.88.